The van der Waals surface area contributed by atoms with E-state index in [4.69, 9.17) is 0 Å². The number of hydrogen-bond donors (Lipinski definition) is 7. The highest BCUT2D eigenvalue weighted by Crippen LogP contribution is 2.01. The standard InChI is InChI=1S/C26H36N8O10/c1-14-10-33(25(43)31-21(14)38)12-19(36)29-17(6-4-8-27-16(3)35)23(40)28-9-5-7-18(24(41)42)30-20(37)13-34-11-15(2)22(39)32-26(34)44/h10-11,17-18H,4-9,12-13H2,1-3H3,(H,27,35)(H,28,40)(H,29,36)(H,30,37)(H,41,42)(H,31,38,43)(H,32,39,44)/t17-,18+/m1/s1. The zero-order valence-electron chi connectivity index (χ0n) is 24.5. The number of rotatable bonds is 16. The molecule has 0 aliphatic rings. The molecule has 4 amide bonds. The van der Waals surface area contributed by atoms with Gasteiger partial charge in [0.2, 0.25) is 23.6 Å². The fourth-order valence-electron chi connectivity index (χ4n) is 4.00. The largest absolute Gasteiger partial charge is 0.480 e. The minimum absolute atomic E-state index is 0.0201. The van der Waals surface area contributed by atoms with E-state index in [9.17, 15) is 48.3 Å². The first-order chi connectivity index (χ1) is 20.7. The van der Waals surface area contributed by atoms with Crippen molar-refractivity contribution in [3.05, 3.63) is 65.2 Å². The van der Waals surface area contributed by atoms with E-state index in [1.165, 1.54) is 33.2 Å². The lowest BCUT2D eigenvalue weighted by Crippen LogP contribution is -2.49. The number of H-pyrrole nitrogens is 2. The molecule has 2 atom stereocenters. The molecule has 240 valence electrons. The molecule has 0 fully saturated rings. The van der Waals surface area contributed by atoms with Gasteiger partial charge < -0.3 is 26.4 Å². The Hall–Kier alpha value is -5.29. The van der Waals surface area contributed by atoms with Gasteiger partial charge in [-0.2, -0.15) is 0 Å². The van der Waals surface area contributed by atoms with Crippen molar-refractivity contribution in [3.8, 4) is 0 Å². The van der Waals surface area contributed by atoms with E-state index in [2.05, 4.69) is 26.3 Å². The topological polar surface area (TPSA) is 263 Å². The minimum Gasteiger partial charge on any atom is -0.480 e. The maximum Gasteiger partial charge on any atom is 0.328 e. The predicted octanol–water partition coefficient (Wildman–Crippen LogP) is -3.43. The van der Waals surface area contributed by atoms with Gasteiger partial charge >= 0.3 is 17.3 Å². The first-order valence-corrected chi connectivity index (χ1v) is 13.6. The minimum atomic E-state index is -1.34. The molecule has 0 aliphatic carbocycles. The molecular formula is C26H36N8O10. The molecule has 44 heavy (non-hydrogen) atoms. The molecule has 0 aliphatic heterocycles. The quantitative estimate of drug-likeness (QED) is 0.0913. The monoisotopic (exact) mass is 620 g/mol. The van der Waals surface area contributed by atoms with Crippen molar-refractivity contribution in [3.63, 3.8) is 0 Å². The fraction of sp³-hybridized carbons (Fsp3) is 0.500. The number of carboxylic acid groups (broad SMARTS) is 1. The second-order valence-corrected chi connectivity index (χ2v) is 10.0. The van der Waals surface area contributed by atoms with E-state index in [1.807, 2.05) is 4.98 Å². The molecule has 0 saturated heterocycles. The molecule has 18 nitrogen and oxygen atoms in total. The average molecular weight is 621 g/mol. The van der Waals surface area contributed by atoms with Gasteiger partial charge in [-0.15, -0.1) is 0 Å². The third kappa shape index (κ3) is 11.2. The van der Waals surface area contributed by atoms with Crippen molar-refractivity contribution in [2.24, 2.45) is 0 Å². The molecule has 0 unspecified atom stereocenters. The van der Waals surface area contributed by atoms with Gasteiger partial charge in [0.15, 0.2) is 0 Å². The maximum atomic E-state index is 12.9. The second kappa shape index (κ2) is 16.4. The Morgan fingerprint density at radius 1 is 0.750 bits per heavy atom. The molecule has 0 radical (unpaired) electrons. The lowest BCUT2D eigenvalue weighted by Gasteiger charge is -2.20. The van der Waals surface area contributed by atoms with Crippen LogP contribution in [0.15, 0.2) is 31.6 Å². The van der Waals surface area contributed by atoms with Crippen LogP contribution < -0.4 is 43.8 Å². The summed E-state index contributed by atoms with van der Waals surface area (Å²) in [5.41, 5.74) is -2.43. The summed E-state index contributed by atoms with van der Waals surface area (Å²) in [4.78, 5) is 112. The van der Waals surface area contributed by atoms with Crippen LogP contribution in [-0.4, -0.2) is 79.0 Å². The number of carbonyl (C=O) groups excluding carboxylic acids is 4. The Kier molecular flexibility index (Phi) is 13.0. The third-order valence-corrected chi connectivity index (χ3v) is 6.30. The van der Waals surface area contributed by atoms with Gasteiger partial charge in [-0.1, -0.05) is 0 Å². The lowest BCUT2D eigenvalue weighted by atomic mass is 10.1. The van der Waals surface area contributed by atoms with Crippen molar-refractivity contribution < 1.29 is 29.1 Å². The zero-order valence-corrected chi connectivity index (χ0v) is 24.5. The summed E-state index contributed by atoms with van der Waals surface area (Å²) < 4.78 is 1.91. The number of aromatic amines is 2. The summed E-state index contributed by atoms with van der Waals surface area (Å²) in [5, 5.41) is 19.5. The summed E-state index contributed by atoms with van der Waals surface area (Å²) in [6.45, 7) is 3.44. The number of carbonyl (C=O) groups is 5. The fourth-order valence-corrected chi connectivity index (χ4v) is 4.00. The number of carboxylic acids is 1. The van der Waals surface area contributed by atoms with E-state index in [-0.39, 0.29) is 49.4 Å². The number of aromatic nitrogens is 4. The molecule has 2 heterocycles. The zero-order chi connectivity index (χ0) is 33.0. The molecule has 7 N–H and O–H groups in total. The molecule has 0 spiro atoms. The predicted molar refractivity (Wildman–Crippen MR) is 154 cm³/mol. The van der Waals surface area contributed by atoms with E-state index in [0.717, 1.165) is 9.13 Å². The van der Waals surface area contributed by atoms with Crippen LogP contribution in [-0.2, 0) is 37.1 Å². The Balaban J connectivity index is 1.96. The highest BCUT2D eigenvalue weighted by molar-refractivity contribution is 5.87. The van der Waals surface area contributed by atoms with Gasteiger partial charge in [-0.25, -0.2) is 14.4 Å². The summed E-state index contributed by atoms with van der Waals surface area (Å²) in [6.07, 6.45) is 2.85. The summed E-state index contributed by atoms with van der Waals surface area (Å²) >= 11 is 0. The Bertz CT molecular complexity index is 1620. The van der Waals surface area contributed by atoms with Crippen LogP contribution in [0, 0.1) is 13.8 Å². The Morgan fingerprint density at radius 3 is 1.64 bits per heavy atom. The molecule has 2 rings (SSSR count). The van der Waals surface area contributed by atoms with Crippen LogP contribution in [0.5, 0.6) is 0 Å². The van der Waals surface area contributed by atoms with Gasteiger partial charge in [-0.05, 0) is 39.5 Å². The van der Waals surface area contributed by atoms with E-state index < -0.39 is 71.4 Å². The highest BCUT2D eigenvalue weighted by atomic mass is 16.4. The van der Waals surface area contributed by atoms with Gasteiger partial charge in [0.25, 0.3) is 11.1 Å². The van der Waals surface area contributed by atoms with Crippen LogP contribution >= 0.6 is 0 Å². The van der Waals surface area contributed by atoms with Crippen LogP contribution in [0.25, 0.3) is 0 Å². The van der Waals surface area contributed by atoms with E-state index in [1.54, 1.807) is 0 Å². The van der Waals surface area contributed by atoms with Gasteiger partial charge in [0.1, 0.15) is 25.2 Å². The number of aliphatic carboxylic acids is 1. The van der Waals surface area contributed by atoms with Gasteiger partial charge in [0, 0.05) is 43.5 Å². The molecule has 18 heteroatoms. The van der Waals surface area contributed by atoms with Crippen LogP contribution in [0.4, 0.5) is 0 Å². The normalized spacial score (nSPS) is 12.1. The second-order valence-electron chi connectivity index (χ2n) is 10.0. The van der Waals surface area contributed by atoms with Crippen molar-refractivity contribution in [2.45, 2.75) is 71.6 Å². The smallest absolute Gasteiger partial charge is 0.328 e. The van der Waals surface area contributed by atoms with Crippen molar-refractivity contribution in [1.29, 1.82) is 0 Å². The van der Waals surface area contributed by atoms with Crippen LogP contribution in [0.1, 0.15) is 43.7 Å². The van der Waals surface area contributed by atoms with Crippen LogP contribution in [0.2, 0.25) is 0 Å². The SMILES string of the molecule is CC(=O)NCCC[C@@H](NC(=O)Cn1cc(C)c(=O)[nH]c1=O)C(=O)NCCC[C@H](NC(=O)Cn1cc(C)c(=O)[nH]c1=O)C(=O)O. The molecule has 2 aromatic rings. The van der Waals surface area contributed by atoms with Crippen LogP contribution in [0.3, 0.4) is 0 Å². The van der Waals surface area contributed by atoms with Crippen molar-refractivity contribution >= 4 is 29.6 Å². The molecule has 0 aromatic carbocycles. The van der Waals surface area contributed by atoms with Gasteiger partial charge in [0.05, 0.1) is 0 Å². The van der Waals surface area contributed by atoms with Crippen molar-refractivity contribution in [2.75, 3.05) is 13.1 Å². The Labute approximate surface area is 249 Å². The maximum absolute atomic E-state index is 12.9. The number of nitrogens with one attached hydrogen (secondary N) is 6. The van der Waals surface area contributed by atoms with E-state index >= 15 is 0 Å². The summed E-state index contributed by atoms with van der Waals surface area (Å²) in [6, 6.07) is -2.41. The van der Waals surface area contributed by atoms with Crippen molar-refractivity contribution in [1.82, 2.24) is 40.4 Å². The first-order valence-electron chi connectivity index (χ1n) is 13.6. The Morgan fingerprint density at radius 2 is 1.18 bits per heavy atom. The number of aryl methyl sites for hydroxylation is 2. The van der Waals surface area contributed by atoms with Gasteiger partial charge in [-0.3, -0.25) is 47.9 Å². The highest BCUT2D eigenvalue weighted by Gasteiger charge is 2.23. The third-order valence-electron chi connectivity index (χ3n) is 6.30. The molecule has 2 aromatic heterocycles. The number of hydrogen-bond acceptors (Lipinski definition) is 9. The summed E-state index contributed by atoms with van der Waals surface area (Å²) in [5.74, 6) is -3.69. The molecular weight excluding hydrogens is 584 g/mol. The number of nitrogens with zero attached hydrogens (tertiary/aromatic N) is 2. The average Bonchev–Trinajstić information content (AvgIpc) is 2.93. The first kappa shape index (κ1) is 34.9. The number of amides is 4. The molecule has 0 bridgehead atoms. The van der Waals surface area contributed by atoms with E-state index in [0.29, 0.717) is 6.42 Å². The summed E-state index contributed by atoms with van der Waals surface area (Å²) in [7, 11) is 0. The molecule has 0 saturated carbocycles. The lowest BCUT2D eigenvalue weighted by molar-refractivity contribution is -0.142.